The summed E-state index contributed by atoms with van der Waals surface area (Å²) in [7, 11) is 3.27. The molecule has 1 rings (SSSR count). The lowest BCUT2D eigenvalue weighted by atomic mass is 10.1. The molecule has 4 N–H and O–H groups in total. The van der Waals surface area contributed by atoms with Crippen molar-refractivity contribution in [3.05, 3.63) is 4.88 Å². The predicted octanol–water partition coefficient (Wildman–Crippen LogP) is 1.14. The van der Waals surface area contributed by atoms with Gasteiger partial charge in [-0.3, -0.25) is 9.59 Å². The lowest BCUT2D eigenvalue weighted by Gasteiger charge is -2.19. The summed E-state index contributed by atoms with van der Waals surface area (Å²) >= 11 is 1.17. The molecule has 1 heterocycles. The number of anilines is 2. The quantitative estimate of drug-likeness (QED) is 0.774. The number of nitrogen functional groups attached to an aromatic ring is 1. The molecule has 0 bridgehead atoms. The largest absolute Gasteiger partial charge is 0.382 e. The Hall–Kier alpha value is -1.83. The van der Waals surface area contributed by atoms with E-state index in [2.05, 4.69) is 15.6 Å². The second kappa shape index (κ2) is 6.30. The maximum atomic E-state index is 12.2. The van der Waals surface area contributed by atoms with Gasteiger partial charge in [0.2, 0.25) is 5.91 Å². The molecule has 0 aliphatic carbocycles. The third-order valence-corrected chi connectivity index (χ3v) is 3.49. The Morgan fingerprint density at radius 3 is 2.38 bits per heavy atom. The van der Waals surface area contributed by atoms with Crippen LogP contribution in [0.3, 0.4) is 0 Å². The lowest BCUT2D eigenvalue weighted by Crippen LogP contribution is -2.44. The second-order valence-corrected chi connectivity index (χ2v) is 7.04. The molecule has 0 aliphatic heterocycles. The van der Waals surface area contributed by atoms with Crippen LogP contribution in [-0.2, 0) is 4.79 Å². The molecular formula is C13H23N5O2S. The average Bonchev–Trinajstić information content (AvgIpc) is 2.66. The molecule has 0 fully saturated rings. The number of carbonyl (C=O) groups is 2. The van der Waals surface area contributed by atoms with Gasteiger partial charge in [-0.2, -0.15) is 0 Å². The van der Waals surface area contributed by atoms with Gasteiger partial charge in [-0.1, -0.05) is 11.3 Å². The number of thiazole rings is 1. The van der Waals surface area contributed by atoms with Gasteiger partial charge in [0.1, 0.15) is 16.7 Å². The van der Waals surface area contributed by atoms with Gasteiger partial charge in [0, 0.05) is 19.6 Å². The predicted molar refractivity (Wildman–Crippen MR) is 85.5 cm³/mol. The minimum Gasteiger partial charge on any atom is -0.382 e. The molecule has 1 unspecified atom stereocenters. The zero-order chi connectivity index (χ0) is 16.4. The Kier molecular flexibility index (Phi) is 5.16. The van der Waals surface area contributed by atoms with Crippen molar-refractivity contribution in [2.24, 2.45) is 0 Å². The SMILES string of the molecule is CC(NC(=O)c1sc(NC(C)(C)C)nc1N)C(=O)N(C)C. The molecule has 0 aliphatic rings. The lowest BCUT2D eigenvalue weighted by molar-refractivity contribution is -0.130. The normalized spacial score (nSPS) is 12.7. The Morgan fingerprint density at radius 1 is 1.33 bits per heavy atom. The van der Waals surface area contributed by atoms with E-state index in [0.29, 0.717) is 10.0 Å². The van der Waals surface area contributed by atoms with Gasteiger partial charge in [-0.05, 0) is 27.7 Å². The zero-order valence-corrected chi connectivity index (χ0v) is 14.1. The fourth-order valence-electron chi connectivity index (χ4n) is 1.58. The van der Waals surface area contributed by atoms with E-state index in [1.165, 1.54) is 16.2 Å². The molecule has 1 atom stereocenters. The molecule has 0 radical (unpaired) electrons. The molecule has 1 aromatic heterocycles. The first kappa shape index (κ1) is 17.2. The van der Waals surface area contributed by atoms with Crippen LogP contribution in [0.2, 0.25) is 0 Å². The van der Waals surface area contributed by atoms with Crippen molar-refractivity contribution in [1.82, 2.24) is 15.2 Å². The Labute approximate surface area is 128 Å². The van der Waals surface area contributed by atoms with Crippen LogP contribution >= 0.6 is 11.3 Å². The van der Waals surface area contributed by atoms with Gasteiger partial charge in [0.15, 0.2) is 5.13 Å². The summed E-state index contributed by atoms with van der Waals surface area (Å²) in [5.74, 6) is -0.414. The molecule has 0 saturated carbocycles. The summed E-state index contributed by atoms with van der Waals surface area (Å²) in [6.45, 7) is 7.60. The highest BCUT2D eigenvalue weighted by Gasteiger charge is 2.23. The van der Waals surface area contributed by atoms with Gasteiger partial charge in [0.05, 0.1) is 0 Å². The summed E-state index contributed by atoms with van der Waals surface area (Å²) in [6.07, 6.45) is 0. The maximum Gasteiger partial charge on any atom is 0.265 e. The summed E-state index contributed by atoms with van der Waals surface area (Å²) in [4.78, 5) is 29.8. The summed E-state index contributed by atoms with van der Waals surface area (Å²) < 4.78 is 0. The second-order valence-electron chi connectivity index (χ2n) is 6.04. The van der Waals surface area contributed by atoms with Crippen LogP contribution in [0.15, 0.2) is 0 Å². The van der Waals surface area contributed by atoms with Gasteiger partial charge in [0.25, 0.3) is 5.91 Å². The smallest absolute Gasteiger partial charge is 0.265 e. The van der Waals surface area contributed by atoms with Gasteiger partial charge < -0.3 is 21.3 Å². The van der Waals surface area contributed by atoms with E-state index >= 15 is 0 Å². The van der Waals surface area contributed by atoms with Crippen molar-refractivity contribution in [3.63, 3.8) is 0 Å². The fourth-order valence-corrected chi connectivity index (χ4v) is 2.58. The van der Waals surface area contributed by atoms with Crippen LogP contribution in [0.5, 0.6) is 0 Å². The zero-order valence-electron chi connectivity index (χ0n) is 13.3. The third kappa shape index (κ3) is 4.89. The summed E-state index contributed by atoms with van der Waals surface area (Å²) in [6, 6.07) is -0.618. The number of amides is 2. The number of carbonyl (C=O) groups excluding carboxylic acids is 2. The number of nitrogens with zero attached hydrogens (tertiary/aromatic N) is 2. The average molecular weight is 313 g/mol. The van der Waals surface area contributed by atoms with Gasteiger partial charge in [-0.25, -0.2) is 4.98 Å². The first-order valence-electron chi connectivity index (χ1n) is 6.58. The molecule has 21 heavy (non-hydrogen) atoms. The van der Waals surface area contributed by atoms with Crippen molar-refractivity contribution in [3.8, 4) is 0 Å². The van der Waals surface area contributed by atoms with E-state index in [0.717, 1.165) is 0 Å². The van der Waals surface area contributed by atoms with Crippen LogP contribution < -0.4 is 16.4 Å². The number of hydrogen-bond acceptors (Lipinski definition) is 6. The third-order valence-electron chi connectivity index (χ3n) is 2.50. The van der Waals surface area contributed by atoms with Crippen molar-refractivity contribution < 1.29 is 9.59 Å². The minimum atomic E-state index is -0.618. The molecule has 8 heteroatoms. The maximum absolute atomic E-state index is 12.2. The van der Waals surface area contributed by atoms with E-state index in [9.17, 15) is 9.59 Å². The van der Waals surface area contributed by atoms with E-state index in [-0.39, 0.29) is 17.3 Å². The topological polar surface area (TPSA) is 100 Å². The van der Waals surface area contributed by atoms with Crippen molar-refractivity contribution in [2.75, 3.05) is 25.1 Å². The standard InChI is InChI=1S/C13H23N5O2S/c1-7(11(20)18(5)6)15-10(19)8-9(14)16-12(21-8)17-13(2,3)4/h7H,14H2,1-6H3,(H,15,19)(H,16,17). The number of hydrogen-bond donors (Lipinski definition) is 3. The summed E-state index contributed by atoms with van der Waals surface area (Å²) in [5.41, 5.74) is 5.60. The number of rotatable bonds is 4. The highest BCUT2D eigenvalue weighted by atomic mass is 32.1. The highest BCUT2D eigenvalue weighted by molar-refractivity contribution is 7.18. The Morgan fingerprint density at radius 2 is 1.90 bits per heavy atom. The Bertz CT molecular complexity index is 533. The van der Waals surface area contributed by atoms with Gasteiger partial charge in [-0.15, -0.1) is 0 Å². The number of nitrogens with one attached hydrogen (secondary N) is 2. The molecule has 7 nitrogen and oxygen atoms in total. The summed E-state index contributed by atoms with van der Waals surface area (Å²) in [5, 5.41) is 6.37. The number of likely N-dealkylation sites (N-methyl/N-ethyl adjacent to an activating group) is 1. The van der Waals surface area contributed by atoms with E-state index in [1.54, 1.807) is 21.0 Å². The number of nitrogens with two attached hydrogens (primary N) is 1. The van der Waals surface area contributed by atoms with E-state index in [1.807, 2.05) is 20.8 Å². The molecule has 2 amide bonds. The minimum absolute atomic E-state index is 0.161. The monoisotopic (exact) mass is 313 g/mol. The van der Waals surface area contributed by atoms with Crippen LogP contribution in [0.1, 0.15) is 37.4 Å². The van der Waals surface area contributed by atoms with E-state index in [4.69, 9.17) is 5.73 Å². The first-order chi connectivity index (χ1) is 9.51. The van der Waals surface area contributed by atoms with E-state index < -0.39 is 11.9 Å². The molecule has 118 valence electrons. The van der Waals surface area contributed by atoms with Crippen LogP contribution in [-0.4, -0.2) is 47.4 Å². The molecule has 0 aromatic carbocycles. The number of aromatic nitrogens is 1. The van der Waals surface area contributed by atoms with Crippen LogP contribution in [0.25, 0.3) is 0 Å². The first-order valence-corrected chi connectivity index (χ1v) is 7.39. The molecule has 0 saturated heterocycles. The molecule has 0 spiro atoms. The fraction of sp³-hybridized carbons (Fsp3) is 0.615. The molecular weight excluding hydrogens is 290 g/mol. The highest BCUT2D eigenvalue weighted by Crippen LogP contribution is 2.27. The van der Waals surface area contributed by atoms with Crippen LogP contribution in [0.4, 0.5) is 10.9 Å². The van der Waals surface area contributed by atoms with Crippen molar-refractivity contribution >= 4 is 34.1 Å². The van der Waals surface area contributed by atoms with Crippen molar-refractivity contribution in [1.29, 1.82) is 0 Å². The van der Waals surface area contributed by atoms with Gasteiger partial charge >= 0.3 is 0 Å². The van der Waals surface area contributed by atoms with Crippen molar-refractivity contribution in [2.45, 2.75) is 39.3 Å². The molecule has 1 aromatic rings. The van der Waals surface area contributed by atoms with Crippen LogP contribution in [0, 0.1) is 0 Å². The Balaban J connectivity index is 2.82.